The van der Waals surface area contributed by atoms with Gasteiger partial charge in [0.1, 0.15) is 16.2 Å². The van der Waals surface area contributed by atoms with Gasteiger partial charge in [0.15, 0.2) is 0 Å². The van der Waals surface area contributed by atoms with Gasteiger partial charge in [-0.3, -0.25) is 0 Å². The van der Waals surface area contributed by atoms with Crippen LogP contribution in [0.4, 0.5) is 5.82 Å². The zero-order chi connectivity index (χ0) is 13.9. The number of hydrogen-bond acceptors (Lipinski definition) is 5. The molecule has 0 spiro atoms. The van der Waals surface area contributed by atoms with Crippen LogP contribution in [0.25, 0.3) is 0 Å². The van der Waals surface area contributed by atoms with Crippen LogP contribution in [0.5, 0.6) is 0 Å². The molecular weight excluding hydrogens is 342 g/mol. The average Bonchev–Trinajstić information content (AvgIpc) is 2.36. The van der Waals surface area contributed by atoms with Gasteiger partial charge >= 0.3 is 0 Å². The Morgan fingerprint density at radius 3 is 2.79 bits per heavy atom. The van der Waals surface area contributed by atoms with Crippen LogP contribution in [0.3, 0.4) is 0 Å². The summed E-state index contributed by atoms with van der Waals surface area (Å²) in [4.78, 5) is 9.08. The molecule has 0 aliphatic carbocycles. The Bertz CT molecular complexity index is 428. The molecule has 2 rings (SSSR count). The fourth-order valence-corrected chi connectivity index (χ4v) is 4.71. The molecule has 6 heteroatoms. The van der Waals surface area contributed by atoms with Crippen molar-refractivity contribution in [2.75, 3.05) is 29.1 Å². The molecule has 1 aliphatic rings. The number of nitrogens with zero attached hydrogens (tertiary/aromatic N) is 2. The van der Waals surface area contributed by atoms with Crippen LogP contribution in [0, 0.1) is 0 Å². The third-order valence-corrected chi connectivity index (χ3v) is 6.01. The molecule has 0 bridgehead atoms. The van der Waals surface area contributed by atoms with Crippen molar-refractivity contribution in [2.45, 2.75) is 31.4 Å². The van der Waals surface area contributed by atoms with E-state index in [1.54, 1.807) is 0 Å². The first kappa shape index (κ1) is 15.4. The van der Waals surface area contributed by atoms with E-state index in [1.165, 1.54) is 17.3 Å². The van der Waals surface area contributed by atoms with Crippen LogP contribution in [0.1, 0.15) is 26.6 Å². The van der Waals surface area contributed by atoms with Crippen molar-refractivity contribution >= 4 is 45.3 Å². The standard InChI is InChI=1S/C13H20BrN3S2/c1-13(2,3)12-16-10(14)6-11(17-12)15-7-9-8-18-4-5-19-9/h6,9H,4-5,7-8H2,1-3H3,(H,15,16,17). The van der Waals surface area contributed by atoms with Gasteiger partial charge in [-0.1, -0.05) is 20.8 Å². The topological polar surface area (TPSA) is 37.8 Å². The lowest BCUT2D eigenvalue weighted by molar-refractivity contribution is 0.544. The van der Waals surface area contributed by atoms with Crippen molar-refractivity contribution < 1.29 is 0 Å². The quantitative estimate of drug-likeness (QED) is 0.828. The Labute approximate surface area is 132 Å². The van der Waals surface area contributed by atoms with Crippen LogP contribution in [-0.4, -0.2) is 39.0 Å². The molecule has 1 aromatic rings. The number of halogens is 1. The first-order valence-corrected chi connectivity index (χ1v) is 9.43. The predicted octanol–water partition coefficient (Wildman–Crippen LogP) is 3.80. The molecular formula is C13H20BrN3S2. The number of hydrogen-bond donors (Lipinski definition) is 1. The van der Waals surface area contributed by atoms with E-state index in [0.717, 1.165) is 22.8 Å². The Morgan fingerprint density at radius 1 is 1.37 bits per heavy atom. The van der Waals surface area contributed by atoms with Gasteiger partial charge in [-0.15, -0.1) is 0 Å². The van der Waals surface area contributed by atoms with Crippen LogP contribution in [-0.2, 0) is 5.41 Å². The maximum absolute atomic E-state index is 4.62. The minimum Gasteiger partial charge on any atom is -0.369 e. The van der Waals surface area contributed by atoms with Gasteiger partial charge in [0.25, 0.3) is 0 Å². The Balaban J connectivity index is 2.01. The highest BCUT2D eigenvalue weighted by Crippen LogP contribution is 2.25. The minimum absolute atomic E-state index is 0.0321. The number of aromatic nitrogens is 2. The van der Waals surface area contributed by atoms with Crippen LogP contribution >= 0.6 is 39.5 Å². The maximum atomic E-state index is 4.62. The van der Waals surface area contributed by atoms with Gasteiger partial charge < -0.3 is 5.32 Å². The molecule has 0 aromatic carbocycles. The lowest BCUT2D eigenvalue weighted by Crippen LogP contribution is -2.24. The van der Waals surface area contributed by atoms with Gasteiger partial charge in [0, 0.05) is 40.5 Å². The van der Waals surface area contributed by atoms with Crippen LogP contribution in [0.15, 0.2) is 10.7 Å². The number of anilines is 1. The van der Waals surface area contributed by atoms with E-state index in [4.69, 9.17) is 0 Å². The van der Waals surface area contributed by atoms with Crippen molar-refractivity contribution in [2.24, 2.45) is 0 Å². The van der Waals surface area contributed by atoms with E-state index in [1.807, 2.05) is 17.8 Å². The smallest absolute Gasteiger partial charge is 0.137 e. The largest absolute Gasteiger partial charge is 0.369 e. The van der Waals surface area contributed by atoms with E-state index in [9.17, 15) is 0 Å². The number of nitrogens with one attached hydrogen (secondary N) is 1. The zero-order valence-electron chi connectivity index (χ0n) is 11.6. The normalized spacial score (nSPS) is 20.3. The van der Waals surface area contributed by atoms with E-state index in [2.05, 4.69) is 63.7 Å². The summed E-state index contributed by atoms with van der Waals surface area (Å²) in [6, 6.07) is 1.95. The first-order valence-electron chi connectivity index (χ1n) is 6.43. The van der Waals surface area contributed by atoms with Crippen molar-refractivity contribution in [3.05, 3.63) is 16.5 Å². The summed E-state index contributed by atoms with van der Waals surface area (Å²) in [5.74, 6) is 5.57. The zero-order valence-corrected chi connectivity index (χ0v) is 14.8. The van der Waals surface area contributed by atoms with Crippen molar-refractivity contribution in [1.29, 1.82) is 0 Å². The molecule has 1 saturated heterocycles. The second-order valence-electron chi connectivity index (χ2n) is 5.60. The maximum Gasteiger partial charge on any atom is 0.137 e. The van der Waals surface area contributed by atoms with Crippen molar-refractivity contribution in [3.8, 4) is 0 Å². The van der Waals surface area contributed by atoms with Crippen molar-refractivity contribution in [1.82, 2.24) is 9.97 Å². The van der Waals surface area contributed by atoms with E-state index in [0.29, 0.717) is 5.25 Å². The second kappa shape index (κ2) is 6.68. The monoisotopic (exact) mass is 361 g/mol. The van der Waals surface area contributed by atoms with Crippen molar-refractivity contribution in [3.63, 3.8) is 0 Å². The Kier molecular flexibility index (Phi) is 5.43. The lowest BCUT2D eigenvalue weighted by Gasteiger charge is -2.22. The molecule has 0 amide bonds. The minimum atomic E-state index is -0.0321. The molecule has 3 nitrogen and oxygen atoms in total. The summed E-state index contributed by atoms with van der Waals surface area (Å²) < 4.78 is 0.848. The third kappa shape index (κ3) is 4.83. The SMILES string of the molecule is CC(C)(C)c1nc(Br)cc(NCC2CSCCS2)n1. The van der Waals surface area contributed by atoms with E-state index in [-0.39, 0.29) is 5.41 Å². The molecule has 1 atom stereocenters. The molecule has 1 aromatic heterocycles. The average molecular weight is 362 g/mol. The van der Waals surface area contributed by atoms with Gasteiger partial charge in [-0.25, -0.2) is 9.97 Å². The summed E-state index contributed by atoms with van der Waals surface area (Å²) in [7, 11) is 0. The highest BCUT2D eigenvalue weighted by atomic mass is 79.9. The molecule has 0 radical (unpaired) electrons. The first-order chi connectivity index (χ1) is 8.95. The van der Waals surface area contributed by atoms with Gasteiger partial charge in [-0.2, -0.15) is 23.5 Å². The van der Waals surface area contributed by atoms with Gasteiger partial charge in [0.2, 0.25) is 0 Å². The molecule has 1 aliphatic heterocycles. The van der Waals surface area contributed by atoms with Gasteiger partial charge in [-0.05, 0) is 15.9 Å². The molecule has 1 N–H and O–H groups in total. The summed E-state index contributed by atoms with van der Waals surface area (Å²) >= 11 is 7.57. The fraction of sp³-hybridized carbons (Fsp3) is 0.692. The van der Waals surface area contributed by atoms with E-state index < -0.39 is 0 Å². The molecule has 106 valence electrons. The lowest BCUT2D eigenvalue weighted by atomic mass is 9.96. The number of thioether (sulfide) groups is 2. The highest BCUT2D eigenvalue weighted by Gasteiger charge is 2.19. The fourth-order valence-electron chi connectivity index (χ4n) is 1.72. The Morgan fingerprint density at radius 2 is 2.16 bits per heavy atom. The van der Waals surface area contributed by atoms with E-state index >= 15 is 0 Å². The summed E-state index contributed by atoms with van der Waals surface area (Å²) in [5, 5.41) is 4.14. The summed E-state index contributed by atoms with van der Waals surface area (Å²) in [5.41, 5.74) is -0.0321. The molecule has 1 fully saturated rings. The molecule has 19 heavy (non-hydrogen) atoms. The molecule has 2 heterocycles. The highest BCUT2D eigenvalue weighted by molar-refractivity contribution is 9.10. The van der Waals surface area contributed by atoms with Crippen LogP contribution in [0.2, 0.25) is 0 Å². The molecule has 0 saturated carbocycles. The van der Waals surface area contributed by atoms with Gasteiger partial charge in [0.05, 0.1) is 0 Å². The summed E-state index contributed by atoms with van der Waals surface area (Å²) in [6.45, 7) is 7.37. The van der Waals surface area contributed by atoms with Crippen LogP contribution < -0.4 is 5.32 Å². The summed E-state index contributed by atoms with van der Waals surface area (Å²) in [6.07, 6.45) is 0. The third-order valence-electron chi connectivity index (χ3n) is 2.76. The number of rotatable bonds is 3. The Hall–Kier alpha value is 0.0600. The second-order valence-corrected chi connectivity index (χ2v) is 8.97. The predicted molar refractivity (Wildman–Crippen MR) is 90.5 cm³/mol. The molecule has 1 unspecified atom stereocenters.